The van der Waals surface area contributed by atoms with E-state index in [0.29, 0.717) is 39.3 Å². The quantitative estimate of drug-likeness (QED) is 0.802. The van der Waals surface area contributed by atoms with Crippen LogP contribution in [0.3, 0.4) is 0 Å². The molecule has 0 unspecified atom stereocenters. The summed E-state index contributed by atoms with van der Waals surface area (Å²) < 4.78 is 4.89. The largest absolute Gasteiger partial charge is 0.480 e. The molecule has 1 aliphatic rings. The number of hydrogen-bond donors (Lipinski definition) is 1. The van der Waals surface area contributed by atoms with Gasteiger partial charge in [-0.2, -0.15) is 0 Å². The Kier molecular flexibility index (Phi) is 6.08. The van der Waals surface area contributed by atoms with Crippen molar-refractivity contribution >= 4 is 18.1 Å². The average molecular weight is 287 g/mol. The van der Waals surface area contributed by atoms with E-state index in [0.717, 1.165) is 0 Å². The second-order valence-corrected chi connectivity index (χ2v) is 4.36. The lowest BCUT2D eigenvalue weighted by atomic mass is 10.3. The monoisotopic (exact) mass is 287 g/mol. The number of hydrogen-bond acceptors (Lipinski definition) is 4. The van der Waals surface area contributed by atoms with Gasteiger partial charge in [-0.3, -0.25) is 4.79 Å². The molecule has 1 heterocycles. The highest BCUT2D eigenvalue weighted by molar-refractivity contribution is 5.80. The number of carbonyl (C=O) groups excluding carboxylic acids is 2. The highest BCUT2D eigenvalue weighted by Gasteiger charge is 2.27. The van der Waals surface area contributed by atoms with Crippen LogP contribution in [-0.4, -0.2) is 83.8 Å². The minimum atomic E-state index is -1.04. The predicted molar refractivity (Wildman–Crippen MR) is 70.4 cm³/mol. The minimum absolute atomic E-state index is 0.307. The SMILES string of the molecule is CCOC(=O)N1CCN(C(=O)N(CC)CC(=O)O)CC1. The first-order valence-corrected chi connectivity index (χ1v) is 6.66. The van der Waals surface area contributed by atoms with Gasteiger partial charge < -0.3 is 24.5 Å². The summed E-state index contributed by atoms with van der Waals surface area (Å²) in [5.74, 6) is -1.04. The standard InChI is InChI=1S/C12H21N3O5/c1-3-13(9-10(16)17)11(18)14-5-7-15(8-6-14)12(19)20-4-2/h3-9H2,1-2H3,(H,16,17). The van der Waals surface area contributed by atoms with Crippen LogP contribution in [0.15, 0.2) is 0 Å². The number of likely N-dealkylation sites (N-methyl/N-ethyl adjacent to an activating group) is 1. The van der Waals surface area contributed by atoms with Gasteiger partial charge in [0.05, 0.1) is 6.61 Å². The molecule has 1 aliphatic heterocycles. The van der Waals surface area contributed by atoms with Gasteiger partial charge in [-0.15, -0.1) is 0 Å². The van der Waals surface area contributed by atoms with Crippen molar-refractivity contribution in [3.63, 3.8) is 0 Å². The van der Waals surface area contributed by atoms with Crippen LogP contribution in [0, 0.1) is 0 Å². The van der Waals surface area contributed by atoms with E-state index in [1.165, 1.54) is 4.90 Å². The average Bonchev–Trinajstić information content (AvgIpc) is 2.44. The molecule has 0 aromatic rings. The van der Waals surface area contributed by atoms with Gasteiger partial charge in [0.25, 0.3) is 0 Å². The molecular weight excluding hydrogens is 266 g/mol. The Morgan fingerprint density at radius 3 is 2.10 bits per heavy atom. The molecule has 0 bridgehead atoms. The number of ether oxygens (including phenoxy) is 1. The van der Waals surface area contributed by atoms with Crippen molar-refractivity contribution < 1.29 is 24.2 Å². The highest BCUT2D eigenvalue weighted by atomic mass is 16.6. The highest BCUT2D eigenvalue weighted by Crippen LogP contribution is 2.07. The summed E-state index contributed by atoms with van der Waals surface area (Å²) in [4.78, 5) is 38.7. The Morgan fingerprint density at radius 1 is 1.10 bits per heavy atom. The predicted octanol–water partition coefficient (Wildman–Crippen LogP) is 0.287. The lowest BCUT2D eigenvalue weighted by Crippen LogP contribution is -2.54. The zero-order valence-corrected chi connectivity index (χ0v) is 11.9. The zero-order valence-electron chi connectivity index (χ0n) is 11.9. The molecule has 8 nitrogen and oxygen atoms in total. The minimum Gasteiger partial charge on any atom is -0.480 e. The maximum Gasteiger partial charge on any atom is 0.409 e. The van der Waals surface area contributed by atoms with Crippen LogP contribution in [0.4, 0.5) is 9.59 Å². The third kappa shape index (κ3) is 4.29. The van der Waals surface area contributed by atoms with E-state index in [9.17, 15) is 14.4 Å². The summed E-state index contributed by atoms with van der Waals surface area (Å²) in [7, 11) is 0. The maximum atomic E-state index is 12.1. The van der Waals surface area contributed by atoms with E-state index >= 15 is 0 Å². The first-order chi connectivity index (χ1) is 9.49. The molecule has 0 aromatic carbocycles. The summed E-state index contributed by atoms with van der Waals surface area (Å²) in [6, 6.07) is -0.307. The molecule has 114 valence electrons. The van der Waals surface area contributed by atoms with E-state index in [4.69, 9.17) is 9.84 Å². The number of aliphatic carboxylic acids is 1. The van der Waals surface area contributed by atoms with E-state index in [2.05, 4.69) is 0 Å². The molecule has 0 saturated carbocycles. The molecular formula is C12H21N3O5. The van der Waals surface area contributed by atoms with E-state index < -0.39 is 5.97 Å². The molecule has 20 heavy (non-hydrogen) atoms. The van der Waals surface area contributed by atoms with Gasteiger partial charge in [0.2, 0.25) is 0 Å². The maximum absolute atomic E-state index is 12.1. The van der Waals surface area contributed by atoms with E-state index in [1.807, 2.05) is 0 Å². The molecule has 1 rings (SSSR count). The second-order valence-electron chi connectivity index (χ2n) is 4.36. The molecule has 0 aliphatic carbocycles. The number of piperazine rings is 1. The summed E-state index contributed by atoms with van der Waals surface area (Å²) in [6.45, 7) is 5.38. The number of carbonyl (C=O) groups is 3. The van der Waals surface area contributed by atoms with Crippen LogP contribution < -0.4 is 0 Å². The fourth-order valence-electron chi connectivity index (χ4n) is 1.97. The first kappa shape index (κ1) is 16.1. The molecule has 0 radical (unpaired) electrons. The molecule has 0 aromatic heterocycles. The smallest absolute Gasteiger partial charge is 0.409 e. The summed E-state index contributed by atoms with van der Waals surface area (Å²) >= 11 is 0. The van der Waals surface area contributed by atoms with Gasteiger partial charge in [0, 0.05) is 32.7 Å². The normalized spacial score (nSPS) is 14.9. The van der Waals surface area contributed by atoms with Crippen molar-refractivity contribution in [3.8, 4) is 0 Å². The van der Waals surface area contributed by atoms with Gasteiger partial charge in [0.1, 0.15) is 6.54 Å². The van der Waals surface area contributed by atoms with E-state index in [-0.39, 0.29) is 18.7 Å². The van der Waals surface area contributed by atoms with Gasteiger partial charge in [0.15, 0.2) is 0 Å². The third-order valence-corrected chi connectivity index (χ3v) is 3.05. The number of carboxylic acids is 1. The van der Waals surface area contributed by atoms with Crippen molar-refractivity contribution in [1.82, 2.24) is 14.7 Å². The van der Waals surface area contributed by atoms with Gasteiger partial charge in [-0.25, -0.2) is 9.59 Å². The molecule has 0 spiro atoms. The van der Waals surface area contributed by atoms with Crippen LogP contribution >= 0.6 is 0 Å². The first-order valence-electron chi connectivity index (χ1n) is 6.66. The van der Waals surface area contributed by atoms with Gasteiger partial charge in [-0.1, -0.05) is 0 Å². The fraction of sp³-hybridized carbons (Fsp3) is 0.750. The Balaban J connectivity index is 2.49. The Labute approximate surface area is 117 Å². The van der Waals surface area contributed by atoms with Crippen molar-refractivity contribution in [2.24, 2.45) is 0 Å². The van der Waals surface area contributed by atoms with Crippen LogP contribution in [0.2, 0.25) is 0 Å². The molecule has 1 N–H and O–H groups in total. The molecule has 0 atom stereocenters. The number of nitrogens with zero attached hydrogens (tertiary/aromatic N) is 3. The van der Waals surface area contributed by atoms with Crippen molar-refractivity contribution in [2.75, 3.05) is 45.9 Å². The Hall–Kier alpha value is -1.99. The van der Waals surface area contributed by atoms with Gasteiger partial charge in [-0.05, 0) is 13.8 Å². The molecule has 8 heteroatoms. The summed E-state index contributed by atoms with van der Waals surface area (Å²) in [5.41, 5.74) is 0. The summed E-state index contributed by atoms with van der Waals surface area (Å²) in [5, 5.41) is 8.75. The van der Waals surface area contributed by atoms with E-state index in [1.54, 1.807) is 23.6 Å². The third-order valence-electron chi connectivity index (χ3n) is 3.05. The van der Waals surface area contributed by atoms with Crippen LogP contribution in [-0.2, 0) is 9.53 Å². The van der Waals surface area contributed by atoms with Crippen molar-refractivity contribution in [3.05, 3.63) is 0 Å². The van der Waals surface area contributed by atoms with Crippen LogP contribution in [0.1, 0.15) is 13.8 Å². The number of rotatable bonds is 4. The van der Waals surface area contributed by atoms with Gasteiger partial charge >= 0.3 is 18.1 Å². The summed E-state index contributed by atoms with van der Waals surface area (Å²) in [6.07, 6.45) is -0.377. The van der Waals surface area contributed by atoms with Crippen LogP contribution in [0.5, 0.6) is 0 Å². The molecule has 1 saturated heterocycles. The Morgan fingerprint density at radius 2 is 1.65 bits per heavy atom. The van der Waals surface area contributed by atoms with Crippen LogP contribution in [0.25, 0.3) is 0 Å². The number of carboxylic acid groups (broad SMARTS) is 1. The topological polar surface area (TPSA) is 90.4 Å². The van der Waals surface area contributed by atoms with Crippen molar-refractivity contribution in [1.29, 1.82) is 0 Å². The zero-order chi connectivity index (χ0) is 15.1. The lowest BCUT2D eigenvalue weighted by molar-refractivity contribution is -0.137. The number of amides is 3. The number of urea groups is 1. The molecule has 1 fully saturated rings. The fourth-order valence-corrected chi connectivity index (χ4v) is 1.97. The van der Waals surface area contributed by atoms with Crippen molar-refractivity contribution in [2.45, 2.75) is 13.8 Å². The molecule has 3 amide bonds. The Bertz CT molecular complexity index is 366. The lowest BCUT2D eigenvalue weighted by Gasteiger charge is -2.36. The second kappa shape index (κ2) is 7.56.